The van der Waals surface area contributed by atoms with Gasteiger partial charge in [-0.2, -0.15) is 0 Å². The van der Waals surface area contributed by atoms with Gasteiger partial charge in [0, 0.05) is 11.1 Å². The minimum absolute atomic E-state index is 0.180. The second-order valence-electron chi connectivity index (χ2n) is 10.5. The molecular formula is C39H44O. The fraction of sp³-hybridized carbons (Fsp3) is 0.308. The van der Waals surface area contributed by atoms with Gasteiger partial charge >= 0.3 is 0 Å². The van der Waals surface area contributed by atoms with Crippen molar-refractivity contribution in [3.63, 3.8) is 0 Å². The number of fused-ring (bicyclic) bond motifs is 5. The average Bonchev–Trinajstić information content (AvgIpc) is 3.02. The summed E-state index contributed by atoms with van der Waals surface area (Å²) in [4.78, 5) is 13.6. The second kappa shape index (κ2) is 13.1. The summed E-state index contributed by atoms with van der Waals surface area (Å²) in [5, 5.41) is 0. The fourth-order valence-electron chi connectivity index (χ4n) is 6.47. The van der Waals surface area contributed by atoms with Crippen molar-refractivity contribution >= 4 is 22.5 Å². The quantitative estimate of drug-likeness (QED) is 0.301. The Bertz CT molecular complexity index is 1480. The highest BCUT2D eigenvalue weighted by Crippen LogP contribution is 2.51. The zero-order chi connectivity index (χ0) is 28.8. The molecule has 0 N–H and O–H groups in total. The lowest BCUT2D eigenvalue weighted by Crippen LogP contribution is -2.19. The van der Waals surface area contributed by atoms with E-state index in [4.69, 9.17) is 0 Å². The molecule has 1 heteroatoms. The molecule has 0 aliphatic heterocycles. The minimum atomic E-state index is 0.180. The Morgan fingerprint density at radius 3 is 2.33 bits per heavy atom. The Morgan fingerprint density at radius 1 is 0.875 bits per heavy atom. The lowest BCUT2D eigenvalue weighted by Gasteiger charge is -2.33. The van der Waals surface area contributed by atoms with E-state index in [1.54, 1.807) is 0 Å². The van der Waals surface area contributed by atoms with E-state index in [9.17, 15) is 4.79 Å². The Morgan fingerprint density at radius 2 is 1.60 bits per heavy atom. The molecule has 3 aromatic rings. The molecule has 0 spiro atoms. The number of benzene rings is 3. The summed E-state index contributed by atoms with van der Waals surface area (Å²) < 4.78 is 0. The Balaban J connectivity index is 0.000000886. The highest BCUT2D eigenvalue weighted by molar-refractivity contribution is 6.35. The maximum atomic E-state index is 13.6. The molecule has 0 fully saturated rings. The van der Waals surface area contributed by atoms with Crippen molar-refractivity contribution in [2.24, 2.45) is 0 Å². The smallest absolute Gasteiger partial charge is 0.193 e. The third kappa shape index (κ3) is 5.10. The number of hydrogen-bond acceptors (Lipinski definition) is 1. The summed E-state index contributed by atoms with van der Waals surface area (Å²) in [6.45, 7) is 18.9. The number of Topliss-reactive ketones (excluding diaryl/α,β-unsaturated/α-hetero) is 1. The lowest BCUT2D eigenvalue weighted by atomic mass is 9.69. The van der Waals surface area contributed by atoms with E-state index < -0.39 is 0 Å². The van der Waals surface area contributed by atoms with Crippen LogP contribution in [0, 0.1) is 0 Å². The second-order valence-corrected chi connectivity index (χ2v) is 10.5. The molecule has 0 saturated heterocycles. The van der Waals surface area contributed by atoms with E-state index in [-0.39, 0.29) is 5.78 Å². The minimum Gasteiger partial charge on any atom is -0.289 e. The number of hydrogen-bond donors (Lipinski definition) is 0. The number of carbonyl (C=O) groups excluding carboxylic acids is 1. The van der Waals surface area contributed by atoms with Crippen LogP contribution in [0.5, 0.6) is 0 Å². The molecule has 0 amide bonds. The van der Waals surface area contributed by atoms with Gasteiger partial charge < -0.3 is 0 Å². The van der Waals surface area contributed by atoms with Crippen molar-refractivity contribution in [2.45, 2.75) is 78.6 Å². The van der Waals surface area contributed by atoms with Gasteiger partial charge in [-0.15, -0.1) is 13.2 Å². The van der Waals surface area contributed by atoms with Crippen LogP contribution in [-0.2, 0) is 0 Å². The molecule has 0 aromatic heterocycles. The normalized spacial score (nSPS) is 17.3. The van der Waals surface area contributed by atoms with Crippen LogP contribution in [0.1, 0.15) is 111 Å². The van der Waals surface area contributed by atoms with Crippen LogP contribution in [0.4, 0.5) is 0 Å². The van der Waals surface area contributed by atoms with Crippen LogP contribution in [-0.4, -0.2) is 5.78 Å². The molecule has 0 saturated carbocycles. The number of carbonyl (C=O) groups is 1. The van der Waals surface area contributed by atoms with Crippen LogP contribution in [0.15, 0.2) is 86.5 Å². The van der Waals surface area contributed by atoms with Gasteiger partial charge in [0.25, 0.3) is 0 Å². The van der Waals surface area contributed by atoms with Crippen LogP contribution < -0.4 is 0 Å². The number of rotatable bonds is 5. The predicted octanol–water partition coefficient (Wildman–Crippen LogP) is 11.7. The van der Waals surface area contributed by atoms with Crippen LogP contribution in [0.25, 0.3) is 39.0 Å². The zero-order valence-corrected chi connectivity index (χ0v) is 24.9. The van der Waals surface area contributed by atoms with Gasteiger partial charge in [-0.1, -0.05) is 101 Å². The molecule has 40 heavy (non-hydrogen) atoms. The monoisotopic (exact) mass is 528 g/mol. The summed E-state index contributed by atoms with van der Waals surface area (Å²) in [7, 11) is 0. The lowest BCUT2D eigenvalue weighted by molar-refractivity contribution is 0.105. The van der Waals surface area contributed by atoms with E-state index in [2.05, 4.69) is 82.1 Å². The number of allylic oxidation sites excluding steroid dienone is 5. The molecular weight excluding hydrogens is 484 g/mol. The first-order valence-corrected chi connectivity index (χ1v) is 15.2. The molecule has 2 bridgehead atoms. The van der Waals surface area contributed by atoms with E-state index in [0.29, 0.717) is 5.92 Å². The van der Waals surface area contributed by atoms with Crippen LogP contribution >= 0.6 is 0 Å². The molecule has 1 atom stereocenters. The van der Waals surface area contributed by atoms with Gasteiger partial charge in [0.05, 0.1) is 0 Å². The zero-order valence-electron chi connectivity index (χ0n) is 24.9. The third-order valence-electron chi connectivity index (χ3n) is 8.43. The van der Waals surface area contributed by atoms with Gasteiger partial charge in [0.1, 0.15) is 0 Å². The summed E-state index contributed by atoms with van der Waals surface area (Å²) in [5.74, 6) is 0.603. The third-order valence-corrected chi connectivity index (χ3v) is 8.43. The van der Waals surface area contributed by atoms with Crippen molar-refractivity contribution in [3.8, 4) is 22.3 Å². The number of unbranched alkanes of at least 4 members (excludes halogenated alkanes) is 1. The van der Waals surface area contributed by atoms with E-state index in [0.717, 1.165) is 48.8 Å². The predicted molar refractivity (Wildman–Crippen MR) is 176 cm³/mol. The van der Waals surface area contributed by atoms with Crippen molar-refractivity contribution in [1.29, 1.82) is 0 Å². The maximum absolute atomic E-state index is 13.6. The highest BCUT2D eigenvalue weighted by Gasteiger charge is 2.35. The van der Waals surface area contributed by atoms with Gasteiger partial charge in [0.2, 0.25) is 0 Å². The molecule has 0 radical (unpaired) electrons. The number of ketones is 1. The summed E-state index contributed by atoms with van der Waals surface area (Å²) in [5.41, 5.74) is 14.5. The first-order valence-electron chi connectivity index (χ1n) is 15.2. The largest absolute Gasteiger partial charge is 0.289 e. The van der Waals surface area contributed by atoms with E-state index in [1.807, 2.05) is 32.0 Å². The first kappa shape index (κ1) is 29.3. The topological polar surface area (TPSA) is 17.1 Å². The Hall–Kier alpha value is -3.71. The summed E-state index contributed by atoms with van der Waals surface area (Å²) in [6.07, 6.45) is 12.3. The fourth-order valence-corrected chi connectivity index (χ4v) is 6.47. The Kier molecular flexibility index (Phi) is 9.58. The molecule has 3 aliphatic rings. The van der Waals surface area contributed by atoms with Gasteiger partial charge in [-0.25, -0.2) is 0 Å². The van der Waals surface area contributed by atoms with Crippen LogP contribution in [0.3, 0.4) is 0 Å². The van der Waals surface area contributed by atoms with Gasteiger partial charge in [-0.3, -0.25) is 4.79 Å². The summed E-state index contributed by atoms with van der Waals surface area (Å²) >= 11 is 0. The SMILES string of the molecule is C=C.C=C(CC)c1ccc2cc1/C(CCCC)=C\CCC1CC=C3C(=O)c4ccccc4-c4ccc-2c1c43.CC. The highest BCUT2D eigenvalue weighted by atomic mass is 16.1. The maximum Gasteiger partial charge on any atom is 0.193 e. The standard InChI is InChI=1S/C35H34O.C2H6.C2H4/c1-4-6-10-23-11-9-12-24-15-18-31-34-29(28-13-7-8-14-30(28)35(31)36)20-19-27(33(24)34)25-16-17-26(22(3)5-2)32(23)21-25;2*1-2/h7-8,11,13-14,16-21,24H,3-6,9-10,12,15H2,1-2H3;1-2H3;1-2H2/b23-11-;;. The van der Waals surface area contributed by atoms with Crippen molar-refractivity contribution < 1.29 is 4.79 Å². The summed E-state index contributed by atoms with van der Waals surface area (Å²) in [6, 6.07) is 19.7. The first-order chi connectivity index (χ1) is 19.6. The van der Waals surface area contributed by atoms with Crippen molar-refractivity contribution in [2.75, 3.05) is 0 Å². The Labute approximate surface area is 242 Å². The van der Waals surface area contributed by atoms with Crippen LogP contribution in [0.2, 0.25) is 0 Å². The van der Waals surface area contributed by atoms with E-state index >= 15 is 0 Å². The molecule has 0 heterocycles. The molecule has 3 aromatic carbocycles. The average molecular weight is 529 g/mol. The van der Waals surface area contributed by atoms with Gasteiger partial charge in [-0.05, 0) is 106 Å². The molecule has 3 aliphatic carbocycles. The van der Waals surface area contributed by atoms with Crippen molar-refractivity contribution in [1.82, 2.24) is 0 Å². The molecule has 6 rings (SSSR count). The van der Waals surface area contributed by atoms with E-state index in [1.165, 1.54) is 62.9 Å². The molecule has 206 valence electrons. The molecule has 1 unspecified atom stereocenters. The molecule has 1 nitrogen and oxygen atoms in total. The van der Waals surface area contributed by atoms with Crippen molar-refractivity contribution in [3.05, 3.63) is 114 Å². The van der Waals surface area contributed by atoms with Gasteiger partial charge in [0.15, 0.2) is 5.78 Å².